The van der Waals surface area contributed by atoms with E-state index in [0.717, 1.165) is 12.1 Å². The Balaban J connectivity index is 1.81. The van der Waals surface area contributed by atoms with Gasteiger partial charge in [-0.3, -0.25) is 15.1 Å². The van der Waals surface area contributed by atoms with E-state index in [9.17, 15) is 22.4 Å². The van der Waals surface area contributed by atoms with E-state index < -0.39 is 30.0 Å². The van der Waals surface area contributed by atoms with E-state index in [2.05, 4.69) is 27.3 Å². The van der Waals surface area contributed by atoms with Crippen molar-refractivity contribution in [2.75, 3.05) is 24.6 Å². The molecule has 0 saturated heterocycles. The highest BCUT2D eigenvalue weighted by molar-refractivity contribution is 5.88. The van der Waals surface area contributed by atoms with Gasteiger partial charge in [0.1, 0.15) is 18.3 Å². The van der Waals surface area contributed by atoms with Crippen molar-refractivity contribution in [2.24, 2.45) is 0 Å². The van der Waals surface area contributed by atoms with Crippen molar-refractivity contribution in [2.45, 2.75) is 37.5 Å². The quantitative estimate of drug-likeness (QED) is 0.273. The first kappa shape index (κ1) is 23.7. The van der Waals surface area contributed by atoms with E-state index in [1.807, 2.05) is 0 Å². The molecule has 1 unspecified atom stereocenters. The van der Waals surface area contributed by atoms with Crippen molar-refractivity contribution in [1.82, 2.24) is 14.5 Å². The number of aryl methyl sites for hydroxylation is 1. The van der Waals surface area contributed by atoms with Crippen molar-refractivity contribution >= 4 is 22.4 Å². The monoisotopic (exact) mass is 477 g/mol. The zero-order valence-electron chi connectivity index (χ0n) is 18.5. The lowest BCUT2D eigenvalue weighted by molar-refractivity contribution is -0.137. The molecule has 1 aliphatic carbocycles. The minimum atomic E-state index is -4.58. The van der Waals surface area contributed by atoms with Gasteiger partial charge in [0.05, 0.1) is 40.8 Å². The molecule has 11 heteroatoms. The molecule has 2 heterocycles. The summed E-state index contributed by atoms with van der Waals surface area (Å²) in [7, 11) is 1.29. The summed E-state index contributed by atoms with van der Waals surface area (Å²) in [6.07, 6.45) is -0.547. The predicted molar refractivity (Wildman–Crippen MR) is 120 cm³/mol. The number of fused-ring (bicyclic) bond motifs is 1. The Morgan fingerprint density at radius 2 is 2.00 bits per heavy atom. The minimum absolute atomic E-state index is 0.108. The fourth-order valence-corrected chi connectivity index (χ4v) is 3.88. The molecule has 180 valence electrons. The molecular formula is C23H23F4N5O2. The Bertz CT molecular complexity index is 1300. The van der Waals surface area contributed by atoms with Crippen LogP contribution >= 0.6 is 0 Å². The molecule has 3 aromatic rings. The maximum atomic E-state index is 13.7. The fraction of sp³-hybridized carbons (Fsp3) is 0.348. The van der Waals surface area contributed by atoms with Gasteiger partial charge in [0, 0.05) is 12.3 Å². The highest BCUT2D eigenvalue weighted by Gasteiger charge is 2.45. The lowest BCUT2D eigenvalue weighted by atomic mass is 10.0. The van der Waals surface area contributed by atoms with Crippen LogP contribution in [-0.2, 0) is 16.6 Å². The first-order valence-electron chi connectivity index (χ1n) is 10.5. The van der Waals surface area contributed by atoms with Crippen LogP contribution in [0.25, 0.3) is 10.9 Å². The number of nitrogens with one attached hydrogen (secondary N) is 2. The van der Waals surface area contributed by atoms with Gasteiger partial charge in [-0.2, -0.15) is 13.2 Å². The zero-order chi connectivity index (χ0) is 24.7. The first-order valence-corrected chi connectivity index (χ1v) is 10.5. The van der Waals surface area contributed by atoms with Gasteiger partial charge in [-0.15, -0.1) is 6.58 Å². The molecule has 0 aliphatic heterocycles. The molecule has 1 aromatic carbocycles. The second-order valence-electron chi connectivity index (χ2n) is 8.26. The molecule has 4 rings (SSSR count). The van der Waals surface area contributed by atoms with Gasteiger partial charge < -0.3 is 9.88 Å². The molecule has 1 saturated carbocycles. The Kier molecular flexibility index (Phi) is 6.07. The smallest absolute Gasteiger partial charge is 0.359 e. The topological polar surface area (TPSA) is 81.1 Å². The van der Waals surface area contributed by atoms with Crippen LogP contribution in [0.2, 0.25) is 0 Å². The van der Waals surface area contributed by atoms with E-state index in [4.69, 9.17) is 4.84 Å². The highest BCUT2D eigenvalue weighted by atomic mass is 19.4. The number of nitrogens with zero attached hydrogens (tertiary/aromatic N) is 3. The lowest BCUT2D eigenvalue weighted by Crippen LogP contribution is -2.31. The predicted octanol–water partition coefficient (Wildman–Crippen LogP) is 4.89. The second kappa shape index (κ2) is 8.71. The van der Waals surface area contributed by atoms with E-state index in [1.165, 1.54) is 36.1 Å². The Hall–Kier alpha value is -3.47. The van der Waals surface area contributed by atoms with Crippen molar-refractivity contribution in [3.8, 4) is 0 Å². The van der Waals surface area contributed by atoms with Crippen LogP contribution in [0.5, 0.6) is 0 Å². The highest BCUT2D eigenvalue weighted by Crippen LogP contribution is 2.43. The van der Waals surface area contributed by atoms with Crippen LogP contribution in [-0.4, -0.2) is 28.3 Å². The Labute approximate surface area is 192 Å². The minimum Gasteiger partial charge on any atom is -0.359 e. The Morgan fingerprint density at radius 1 is 1.26 bits per heavy atom. The van der Waals surface area contributed by atoms with Crippen molar-refractivity contribution in [3.05, 3.63) is 70.4 Å². The SMILES string of the molecule is C=CC(Nc1nc(C)nc2cc(=O)n(C3(CF)CC3)cc12)c1cc(NOC)cc(C(F)(F)F)c1. The maximum Gasteiger partial charge on any atom is 0.416 e. The summed E-state index contributed by atoms with van der Waals surface area (Å²) in [6.45, 7) is 4.71. The fourth-order valence-electron chi connectivity index (χ4n) is 3.88. The van der Waals surface area contributed by atoms with E-state index >= 15 is 0 Å². The number of anilines is 2. The molecule has 1 aliphatic rings. The normalized spacial score (nSPS) is 15.7. The van der Waals surface area contributed by atoms with Crippen LogP contribution in [0.3, 0.4) is 0 Å². The van der Waals surface area contributed by atoms with E-state index in [-0.39, 0.29) is 22.6 Å². The number of benzene rings is 1. The third-order valence-electron chi connectivity index (χ3n) is 5.82. The number of alkyl halides is 4. The van der Waals surface area contributed by atoms with Crippen LogP contribution in [0.1, 0.15) is 35.8 Å². The molecule has 0 radical (unpaired) electrons. The Morgan fingerprint density at radius 3 is 2.59 bits per heavy atom. The summed E-state index contributed by atoms with van der Waals surface area (Å²) in [6, 6.07) is 3.97. The van der Waals surface area contributed by atoms with Crippen molar-refractivity contribution in [1.29, 1.82) is 0 Å². The van der Waals surface area contributed by atoms with Crippen LogP contribution in [0.15, 0.2) is 47.9 Å². The zero-order valence-corrected chi connectivity index (χ0v) is 18.5. The standard InChI is InChI=1S/C23H23F4N5O2/c1-4-18(14-7-15(23(25,26)27)9-16(8-14)31-34-3)30-21-17-11-32(22(12-24)5-6-22)20(33)10-19(17)28-13(2)29-21/h4,7-11,18,31H,1,5-6,12H2,2-3H3,(H,28,29,30). The molecule has 1 atom stereocenters. The molecule has 7 nitrogen and oxygen atoms in total. The summed E-state index contributed by atoms with van der Waals surface area (Å²) in [4.78, 5) is 26.1. The molecule has 0 bridgehead atoms. The lowest BCUT2D eigenvalue weighted by Gasteiger charge is -2.21. The summed E-state index contributed by atoms with van der Waals surface area (Å²) in [5.41, 5.74) is 1.02. The largest absolute Gasteiger partial charge is 0.416 e. The number of hydrogen-bond donors (Lipinski definition) is 2. The number of pyridine rings is 1. The average molecular weight is 477 g/mol. The van der Waals surface area contributed by atoms with E-state index in [1.54, 1.807) is 6.92 Å². The molecule has 34 heavy (non-hydrogen) atoms. The van der Waals surface area contributed by atoms with Crippen LogP contribution in [0, 0.1) is 6.92 Å². The van der Waals surface area contributed by atoms with E-state index in [0.29, 0.717) is 29.6 Å². The number of aromatic nitrogens is 3. The van der Waals surface area contributed by atoms with Gasteiger partial charge >= 0.3 is 6.18 Å². The van der Waals surface area contributed by atoms with Gasteiger partial charge in [-0.1, -0.05) is 6.08 Å². The molecule has 1 fully saturated rings. The van der Waals surface area contributed by atoms with Gasteiger partial charge in [0.25, 0.3) is 5.56 Å². The third-order valence-corrected chi connectivity index (χ3v) is 5.82. The average Bonchev–Trinajstić information content (AvgIpc) is 3.57. The van der Waals surface area contributed by atoms with Crippen molar-refractivity contribution < 1.29 is 22.4 Å². The van der Waals surface area contributed by atoms with Gasteiger partial charge in [-0.25, -0.2) is 14.4 Å². The van der Waals surface area contributed by atoms with Crippen LogP contribution < -0.4 is 16.4 Å². The van der Waals surface area contributed by atoms with Gasteiger partial charge in [0.15, 0.2) is 0 Å². The number of hydrogen-bond acceptors (Lipinski definition) is 6. The van der Waals surface area contributed by atoms with Gasteiger partial charge in [-0.05, 0) is 43.5 Å². The first-order chi connectivity index (χ1) is 16.1. The summed E-state index contributed by atoms with van der Waals surface area (Å²) >= 11 is 0. The molecule has 2 aromatic heterocycles. The molecule has 0 amide bonds. The van der Waals surface area contributed by atoms with Gasteiger partial charge in [0.2, 0.25) is 0 Å². The molecule has 2 N–H and O–H groups in total. The number of rotatable bonds is 8. The second-order valence-corrected chi connectivity index (χ2v) is 8.26. The maximum absolute atomic E-state index is 13.7. The molecular weight excluding hydrogens is 454 g/mol. The summed E-state index contributed by atoms with van der Waals surface area (Å²) < 4.78 is 55.4. The summed E-state index contributed by atoms with van der Waals surface area (Å²) in [5.74, 6) is 0.641. The number of halogens is 4. The van der Waals surface area contributed by atoms with Crippen molar-refractivity contribution in [3.63, 3.8) is 0 Å². The molecule has 0 spiro atoms. The van der Waals surface area contributed by atoms with Crippen LogP contribution in [0.4, 0.5) is 29.1 Å². The summed E-state index contributed by atoms with van der Waals surface area (Å²) in [5, 5.41) is 3.54. The third kappa shape index (κ3) is 4.47.